The monoisotopic (exact) mass is 298 g/mol. The molecule has 5 nitrogen and oxygen atoms in total. The maximum Gasteiger partial charge on any atom is 0.208 e. The second-order valence-electron chi connectivity index (χ2n) is 5.85. The Labute approximate surface area is 121 Å². The molecule has 0 unspecified atom stereocenters. The van der Waals surface area contributed by atoms with Crippen molar-refractivity contribution in [2.24, 2.45) is 0 Å². The predicted octanol–water partition coefficient (Wildman–Crippen LogP) is 1.21. The van der Waals surface area contributed by atoms with E-state index in [1.54, 1.807) is 0 Å². The lowest BCUT2D eigenvalue weighted by atomic mass is 10.1. The van der Waals surface area contributed by atoms with E-state index < -0.39 is 10.0 Å². The molecule has 1 N–H and O–H groups in total. The van der Waals surface area contributed by atoms with Gasteiger partial charge in [0.25, 0.3) is 0 Å². The molecule has 0 saturated heterocycles. The molecule has 0 aromatic heterocycles. The van der Waals surface area contributed by atoms with Crippen LogP contribution in [0.15, 0.2) is 24.3 Å². The van der Waals surface area contributed by atoms with Gasteiger partial charge in [0.15, 0.2) is 0 Å². The van der Waals surface area contributed by atoms with Crippen molar-refractivity contribution in [2.75, 3.05) is 25.9 Å². The average Bonchev–Trinajstić information content (AvgIpc) is 2.41. The van der Waals surface area contributed by atoms with E-state index >= 15 is 0 Å². The van der Waals surface area contributed by atoms with Crippen LogP contribution >= 0.6 is 0 Å². The van der Waals surface area contributed by atoms with Gasteiger partial charge in [-0.3, -0.25) is 4.90 Å². The summed E-state index contributed by atoms with van der Waals surface area (Å²) in [4.78, 5) is 2.21. The van der Waals surface area contributed by atoms with Gasteiger partial charge in [-0.25, -0.2) is 13.1 Å². The molecule has 0 aliphatic carbocycles. The summed E-state index contributed by atoms with van der Waals surface area (Å²) in [5, 5.41) is 0. The topological polar surface area (TPSA) is 58.6 Å². The quantitative estimate of drug-likeness (QED) is 0.908. The Bertz CT molecular complexity index is 570. The van der Waals surface area contributed by atoms with Crippen molar-refractivity contribution in [3.63, 3.8) is 0 Å². The SMILES string of the molecule is CC1(C)CN(CCNS(C)(=O)=O)Cc2ccccc2O1. The molecule has 1 aromatic carbocycles. The summed E-state index contributed by atoms with van der Waals surface area (Å²) in [5.41, 5.74) is 0.843. The van der Waals surface area contributed by atoms with Crippen LogP contribution in [0, 0.1) is 0 Å². The first-order valence-corrected chi connectivity index (χ1v) is 8.58. The van der Waals surface area contributed by atoms with Crippen molar-refractivity contribution in [3.8, 4) is 5.75 Å². The van der Waals surface area contributed by atoms with Gasteiger partial charge in [-0.2, -0.15) is 0 Å². The number of para-hydroxylation sites is 1. The Balaban J connectivity index is 2.07. The third-order valence-electron chi connectivity index (χ3n) is 3.15. The van der Waals surface area contributed by atoms with Crippen molar-refractivity contribution < 1.29 is 13.2 Å². The van der Waals surface area contributed by atoms with Crippen molar-refractivity contribution in [3.05, 3.63) is 29.8 Å². The van der Waals surface area contributed by atoms with Gasteiger partial charge in [0.2, 0.25) is 10.0 Å². The molecule has 0 amide bonds. The second-order valence-corrected chi connectivity index (χ2v) is 7.68. The Morgan fingerprint density at radius 2 is 2.05 bits per heavy atom. The van der Waals surface area contributed by atoms with Crippen LogP contribution in [0.3, 0.4) is 0 Å². The zero-order valence-corrected chi connectivity index (χ0v) is 13.0. The highest BCUT2D eigenvalue weighted by Gasteiger charge is 2.28. The number of nitrogens with one attached hydrogen (secondary N) is 1. The summed E-state index contributed by atoms with van der Waals surface area (Å²) in [6.07, 6.45) is 1.18. The van der Waals surface area contributed by atoms with Gasteiger partial charge in [-0.05, 0) is 19.9 Å². The van der Waals surface area contributed by atoms with Crippen molar-refractivity contribution in [1.82, 2.24) is 9.62 Å². The summed E-state index contributed by atoms with van der Waals surface area (Å²) in [5.74, 6) is 0.913. The number of benzene rings is 1. The van der Waals surface area contributed by atoms with Gasteiger partial charge in [-0.15, -0.1) is 0 Å². The van der Waals surface area contributed by atoms with E-state index in [4.69, 9.17) is 4.74 Å². The minimum atomic E-state index is -3.13. The van der Waals surface area contributed by atoms with Crippen molar-refractivity contribution in [2.45, 2.75) is 26.0 Å². The molecule has 0 bridgehead atoms. The zero-order chi connectivity index (χ0) is 14.8. The highest BCUT2D eigenvalue weighted by Crippen LogP contribution is 2.28. The molecule has 1 aliphatic rings. The molecule has 0 radical (unpaired) electrons. The zero-order valence-electron chi connectivity index (χ0n) is 12.2. The third-order valence-corrected chi connectivity index (χ3v) is 3.88. The number of ether oxygens (including phenoxy) is 1. The molecule has 1 aromatic rings. The summed E-state index contributed by atoms with van der Waals surface area (Å²) in [6.45, 7) is 6.70. The molecule has 0 spiro atoms. The van der Waals surface area contributed by atoms with E-state index in [1.165, 1.54) is 6.26 Å². The fourth-order valence-electron chi connectivity index (χ4n) is 2.45. The Morgan fingerprint density at radius 3 is 2.75 bits per heavy atom. The first kappa shape index (κ1) is 15.3. The number of fused-ring (bicyclic) bond motifs is 1. The van der Waals surface area contributed by atoms with Gasteiger partial charge in [0.1, 0.15) is 11.4 Å². The van der Waals surface area contributed by atoms with E-state index in [9.17, 15) is 8.42 Å². The van der Waals surface area contributed by atoms with E-state index in [2.05, 4.69) is 9.62 Å². The van der Waals surface area contributed by atoms with Crippen LogP contribution in [0.4, 0.5) is 0 Å². The van der Waals surface area contributed by atoms with E-state index in [1.807, 2.05) is 38.1 Å². The van der Waals surface area contributed by atoms with Gasteiger partial charge in [0, 0.05) is 31.7 Å². The molecular formula is C14H22N2O3S. The first-order valence-electron chi connectivity index (χ1n) is 6.69. The average molecular weight is 298 g/mol. The molecular weight excluding hydrogens is 276 g/mol. The number of sulfonamides is 1. The maximum absolute atomic E-state index is 11.1. The van der Waals surface area contributed by atoms with E-state index in [-0.39, 0.29) is 5.60 Å². The van der Waals surface area contributed by atoms with Crippen LogP contribution in [0.2, 0.25) is 0 Å². The highest BCUT2D eigenvalue weighted by atomic mass is 32.2. The number of rotatable bonds is 4. The smallest absolute Gasteiger partial charge is 0.208 e. The third kappa shape index (κ3) is 4.47. The van der Waals surface area contributed by atoms with Gasteiger partial charge < -0.3 is 4.74 Å². The van der Waals surface area contributed by atoms with Crippen LogP contribution in [0.1, 0.15) is 19.4 Å². The highest BCUT2D eigenvalue weighted by molar-refractivity contribution is 7.88. The Morgan fingerprint density at radius 1 is 1.35 bits per heavy atom. The minimum absolute atomic E-state index is 0.294. The minimum Gasteiger partial charge on any atom is -0.486 e. The summed E-state index contributed by atoms with van der Waals surface area (Å²) in [6, 6.07) is 7.99. The lowest BCUT2D eigenvalue weighted by Gasteiger charge is -2.29. The molecule has 2 rings (SSSR count). The van der Waals surface area contributed by atoms with Crippen LogP contribution in [-0.4, -0.2) is 44.8 Å². The largest absolute Gasteiger partial charge is 0.486 e. The van der Waals surface area contributed by atoms with Crippen molar-refractivity contribution in [1.29, 1.82) is 0 Å². The Hall–Kier alpha value is -1.11. The molecule has 1 heterocycles. The van der Waals surface area contributed by atoms with Crippen LogP contribution in [0.5, 0.6) is 5.75 Å². The van der Waals surface area contributed by atoms with Crippen molar-refractivity contribution >= 4 is 10.0 Å². The lowest BCUT2D eigenvalue weighted by Crippen LogP contribution is -2.43. The molecule has 0 fully saturated rings. The van der Waals surface area contributed by atoms with Gasteiger partial charge in [0.05, 0.1) is 6.26 Å². The first-order chi connectivity index (χ1) is 9.25. The number of hydrogen-bond donors (Lipinski definition) is 1. The fraction of sp³-hybridized carbons (Fsp3) is 0.571. The van der Waals surface area contributed by atoms with Gasteiger partial charge >= 0.3 is 0 Å². The molecule has 1 aliphatic heterocycles. The molecule has 6 heteroatoms. The van der Waals surface area contributed by atoms with E-state index in [0.29, 0.717) is 13.1 Å². The Kier molecular flexibility index (Phi) is 4.36. The fourth-order valence-corrected chi connectivity index (χ4v) is 2.91. The summed E-state index contributed by atoms with van der Waals surface area (Å²) < 4.78 is 30.8. The standard InChI is InChI=1S/C14H22N2O3S/c1-14(2)11-16(9-8-15-20(3,17)18)10-12-6-4-5-7-13(12)19-14/h4-7,15H,8-11H2,1-3H3. The molecule has 0 atom stereocenters. The number of nitrogens with zero attached hydrogens (tertiary/aromatic N) is 1. The molecule has 20 heavy (non-hydrogen) atoms. The molecule has 0 saturated carbocycles. The lowest BCUT2D eigenvalue weighted by molar-refractivity contribution is 0.0720. The van der Waals surface area contributed by atoms with Crippen LogP contribution in [-0.2, 0) is 16.6 Å². The summed E-state index contributed by atoms with van der Waals surface area (Å²) in [7, 11) is -3.13. The number of hydrogen-bond acceptors (Lipinski definition) is 4. The molecule has 112 valence electrons. The van der Waals surface area contributed by atoms with E-state index in [0.717, 1.165) is 24.4 Å². The summed E-state index contributed by atoms with van der Waals surface area (Å²) >= 11 is 0. The normalized spacial score (nSPS) is 18.9. The second kappa shape index (κ2) is 5.71. The van der Waals surface area contributed by atoms with Crippen LogP contribution in [0.25, 0.3) is 0 Å². The predicted molar refractivity (Wildman–Crippen MR) is 79.3 cm³/mol. The maximum atomic E-state index is 11.1. The van der Waals surface area contributed by atoms with Gasteiger partial charge in [-0.1, -0.05) is 18.2 Å². The van der Waals surface area contributed by atoms with Crippen LogP contribution < -0.4 is 9.46 Å².